The molecule has 0 unspecified atom stereocenters. The Labute approximate surface area is 200 Å². The van der Waals surface area contributed by atoms with Crippen LogP contribution >= 0.6 is 23.2 Å². The third kappa shape index (κ3) is 5.84. The zero-order valence-corrected chi connectivity index (χ0v) is 19.4. The molecule has 0 heterocycles. The molecule has 1 amide bonds. The van der Waals surface area contributed by atoms with Gasteiger partial charge in [0.15, 0.2) is 11.5 Å². The number of para-hydroxylation sites is 1. The van der Waals surface area contributed by atoms with Crippen LogP contribution in [-0.2, 0) is 14.9 Å². The standard InChI is InChI=1S/C23H16Cl2N2O5S/c1-31-20-11-10-15(13-21(20)32-33(29,30)17-6-3-2-4-7-17)12-16(14-26)23(28)27-22-18(24)8-5-9-19(22)25/h2-13H,1H3,(H,27,28)/b16-12+. The van der Waals surface area contributed by atoms with Crippen LogP contribution in [-0.4, -0.2) is 21.4 Å². The molecule has 0 radical (unpaired) electrons. The van der Waals surface area contributed by atoms with Crippen molar-refractivity contribution in [3.05, 3.63) is 87.9 Å². The Morgan fingerprint density at radius 3 is 2.27 bits per heavy atom. The van der Waals surface area contributed by atoms with Gasteiger partial charge in [0.05, 0.1) is 22.8 Å². The summed E-state index contributed by atoms with van der Waals surface area (Å²) in [7, 11) is -2.78. The number of anilines is 1. The number of rotatable bonds is 7. The summed E-state index contributed by atoms with van der Waals surface area (Å²) >= 11 is 12.1. The average molecular weight is 503 g/mol. The van der Waals surface area contributed by atoms with Gasteiger partial charge in [-0.2, -0.15) is 13.7 Å². The van der Waals surface area contributed by atoms with Gasteiger partial charge in [-0.05, 0) is 48.0 Å². The largest absolute Gasteiger partial charge is 0.493 e. The number of benzene rings is 3. The minimum Gasteiger partial charge on any atom is -0.493 e. The number of methoxy groups -OCH3 is 1. The predicted octanol–water partition coefficient (Wildman–Crippen LogP) is 5.32. The second kappa shape index (κ2) is 10.4. The second-order valence-corrected chi connectivity index (χ2v) is 8.84. The van der Waals surface area contributed by atoms with E-state index in [4.69, 9.17) is 32.1 Å². The number of hydrogen-bond donors (Lipinski definition) is 1. The quantitative estimate of drug-likeness (QED) is 0.266. The molecule has 3 aromatic rings. The number of halogens is 2. The lowest BCUT2D eigenvalue weighted by molar-refractivity contribution is -0.112. The van der Waals surface area contributed by atoms with Crippen LogP contribution in [0.25, 0.3) is 6.08 Å². The van der Waals surface area contributed by atoms with Crippen molar-refractivity contribution in [2.24, 2.45) is 0 Å². The molecule has 0 fully saturated rings. The number of carbonyl (C=O) groups is 1. The van der Waals surface area contributed by atoms with E-state index >= 15 is 0 Å². The highest BCUT2D eigenvalue weighted by Gasteiger charge is 2.20. The van der Waals surface area contributed by atoms with E-state index in [9.17, 15) is 18.5 Å². The van der Waals surface area contributed by atoms with Crippen LogP contribution in [0.5, 0.6) is 11.5 Å². The monoisotopic (exact) mass is 502 g/mol. The zero-order valence-electron chi connectivity index (χ0n) is 17.1. The fourth-order valence-corrected chi connectivity index (χ4v) is 4.16. The highest BCUT2D eigenvalue weighted by Crippen LogP contribution is 2.32. The highest BCUT2D eigenvalue weighted by atomic mass is 35.5. The predicted molar refractivity (Wildman–Crippen MR) is 126 cm³/mol. The van der Waals surface area contributed by atoms with E-state index in [1.54, 1.807) is 42.5 Å². The van der Waals surface area contributed by atoms with Crippen LogP contribution in [0, 0.1) is 11.3 Å². The minimum absolute atomic E-state index is 0.0401. The van der Waals surface area contributed by atoms with E-state index in [1.807, 2.05) is 0 Å². The van der Waals surface area contributed by atoms with E-state index < -0.39 is 16.0 Å². The van der Waals surface area contributed by atoms with Gasteiger partial charge in [-0.15, -0.1) is 0 Å². The number of nitrogens with zero attached hydrogens (tertiary/aromatic N) is 1. The Kier molecular flexibility index (Phi) is 7.61. The fourth-order valence-electron chi connectivity index (χ4n) is 2.72. The van der Waals surface area contributed by atoms with Crippen molar-refractivity contribution in [2.75, 3.05) is 12.4 Å². The van der Waals surface area contributed by atoms with Crippen molar-refractivity contribution in [1.82, 2.24) is 0 Å². The van der Waals surface area contributed by atoms with Gasteiger partial charge in [0, 0.05) is 0 Å². The summed E-state index contributed by atoms with van der Waals surface area (Å²) in [5.74, 6) is -0.706. The van der Waals surface area contributed by atoms with E-state index in [-0.39, 0.29) is 37.7 Å². The molecule has 0 bridgehead atoms. The summed E-state index contributed by atoms with van der Waals surface area (Å²) in [6.45, 7) is 0. The summed E-state index contributed by atoms with van der Waals surface area (Å²) in [5.41, 5.74) is 0.221. The van der Waals surface area contributed by atoms with Crippen molar-refractivity contribution in [1.29, 1.82) is 5.26 Å². The highest BCUT2D eigenvalue weighted by molar-refractivity contribution is 7.87. The maximum Gasteiger partial charge on any atom is 0.339 e. The molecular formula is C23H16Cl2N2O5S. The van der Waals surface area contributed by atoms with Gasteiger partial charge in [0.2, 0.25) is 0 Å². The van der Waals surface area contributed by atoms with Crippen LogP contribution in [0.15, 0.2) is 77.2 Å². The Hall–Kier alpha value is -3.51. The van der Waals surface area contributed by atoms with Gasteiger partial charge in [-0.25, -0.2) is 0 Å². The lowest BCUT2D eigenvalue weighted by atomic mass is 10.1. The minimum atomic E-state index is -4.14. The molecule has 1 N–H and O–H groups in total. The van der Waals surface area contributed by atoms with Gasteiger partial charge in [0.25, 0.3) is 5.91 Å². The van der Waals surface area contributed by atoms with Crippen LogP contribution < -0.4 is 14.2 Å². The molecule has 0 spiro atoms. The summed E-state index contributed by atoms with van der Waals surface area (Å²) in [5, 5.41) is 12.4. The molecule has 0 aliphatic heterocycles. The Balaban J connectivity index is 1.92. The van der Waals surface area contributed by atoms with Crippen LogP contribution in [0.2, 0.25) is 10.0 Å². The molecular weight excluding hydrogens is 487 g/mol. The first-order chi connectivity index (χ1) is 15.7. The van der Waals surface area contributed by atoms with E-state index in [2.05, 4.69) is 5.32 Å². The van der Waals surface area contributed by atoms with E-state index in [0.717, 1.165) is 0 Å². The van der Waals surface area contributed by atoms with Crippen molar-refractivity contribution < 1.29 is 22.1 Å². The molecule has 10 heteroatoms. The summed E-state index contributed by atoms with van der Waals surface area (Å²) in [6.07, 6.45) is 1.27. The number of carbonyl (C=O) groups excluding carboxylic acids is 1. The second-order valence-electron chi connectivity index (χ2n) is 6.48. The van der Waals surface area contributed by atoms with Crippen molar-refractivity contribution in [2.45, 2.75) is 4.90 Å². The molecule has 0 aliphatic rings. The number of nitrogens with one attached hydrogen (secondary N) is 1. The summed E-state index contributed by atoms with van der Waals surface area (Å²) in [6, 6.07) is 18.4. The number of amides is 1. The van der Waals surface area contributed by atoms with Crippen LogP contribution in [0.4, 0.5) is 5.69 Å². The molecule has 0 saturated heterocycles. The normalized spacial score (nSPS) is 11.4. The van der Waals surface area contributed by atoms with Crippen molar-refractivity contribution in [3.63, 3.8) is 0 Å². The lowest BCUT2D eigenvalue weighted by Crippen LogP contribution is -2.14. The summed E-state index contributed by atoms with van der Waals surface area (Å²) in [4.78, 5) is 12.6. The maximum atomic E-state index is 12.6. The maximum absolute atomic E-state index is 12.6. The van der Waals surface area contributed by atoms with E-state index in [1.165, 1.54) is 43.5 Å². The lowest BCUT2D eigenvalue weighted by Gasteiger charge is -2.12. The first-order valence-electron chi connectivity index (χ1n) is 9.30. The molecule has 3 aromatic carbocycles. The third-order valence-electron chi connectivity index (χ3n) is 4.30. The molecule has 168 valence electrons. The molecule has 7 nitrogen and oxygen atoms in total. The molecule has 0 aromatic heterocycles. The molecule has 3 rings (SSSR count). The number of hydrogen-bond acceptors (Lipinski definition) is 6. The zero-order chi connectivity index (χ0) is 24.0. The third-order valence-corrected chi connectivity index (χ3v) is 6.17. The van der Waals surface area contributed by atoms with Gasteiger partial charge in [-0.3, -0.25) is 4.79 Å². The van der Waals surface area contributed by atoms with Gasteiger partial charge in [0.1, 0.15) is 16.5 Å². The van der Waals surface area contributed by atoms with Gasteiger partial charge >= 0.3 is 10.1 Å². The smallest absolute Gasteiger partial charge is 0.339 e. The van der Waals surface area contributed by atoms with Crippen LogP contribution in [0.3, 0.4) is 0 Å². The Bertz CT molecular complexity index is 1350. The summed E-state index contributed by atoms with van der Waals surface area (Å²) < 4.78 is 35.6. The topological polar surface area (TPSA) is 105 Å². The first-order valence-corrected chi connectivity index (χ1v) is 11.5. The number of nitriles is 1. The molecule has 0 saturated carbocycles. The average Bonchev–Trinajstić information content (AvgIpc) is 2.80. The van der Waals surface area contributed by atoms with Crippen LogP contribution in [0.1, 0.15) is 5.56 Å². The number of ether oxygens (including phenoxy) is 1. The van der Waals surface area contributed by atoms with Crippen molar-refractivity contribution in [3.8, 4) is 17.6 Å². The fraction of sp³-hybridized carbons (Fsp3) is 0.0435. The SMILES string of the molecule is COc1ccc(/C=C(\C#N)C(=O)Nc2c(Cl)cccc2Cl)cc1OS(=O)(=O)c1ccccc1. The first kappa shape index (κ1) is 24.1. The van der Waals surface area contributed by atoms with Gasteiger partial charge < -0.3 is 14.2 Å². The Morgan fingerprint density at radius 1 is 1.00 bits per heavy atom. The molecule has 0 aliphatic carbocycles. The molecule has 0 atom stereocenters. The van der Waals surface area contributed by atoms with Gasteiger partial charge in [-0.1, -0.05) is 53.5 Å². The van der Waals surface area contributed by atoms with E-state index in [0.29, 0.717) is 5.56 Å². The molecule has 33 heavy (non-hydrogen) atoms. The van der Waals surface area contributed by atoms with Crippen molar-refractivity contribution >= 4 is 51.0 Å². The Morgan fingerprint density at radius 2 is 1.67 bits per heavy atom.